The molecule has 0 saturated carbocycles. The Hall–Kier alpha value is -1.62. The van der Waals surface area contributed by atoms with E-state index in [0.717, 1.165) is 43.0 Å². The smallest absolute Gasteiger partial charge is 0.251 e. The zero-order valence-corrected chi connectivity index (χ0v) is 11.1. The minimum absolute atomic E-state index is 0.544. The predicted molar refractivity (Wildman–Crippen MR) is 68.3 cm³/mol. The zero-order valence-electron chi connectivity index (χ0n) is 11.1. The fraction of sp³-hybridized carbons (Fsp3) is 0.538. The van der Waals surface area contributed by atoms with E-state index in [4.69, 9.17) is 8.83 Å². The van der Waals surface area contributed by atoms with Crippen molar-refractivity contribution in [3.63, 3.8) is 0 Å². The van der Waals surface area contributed by atoms with Crippen molar-refractivity contribution in [3.8, 4) is 11.5 Å². The molecule has 0 fully saturated rings. The van der Waals surface area contributed by atoms with Crippen LogP contribution in [0.4, 0.5) is 0 Å². The molecule has 1 N–H and O–H groups in total. The van der Waals surface area contributed by atoms with E-state index in [1.165, 1.54) is 0 Å². The van der Waals surface area contributed by atoms with Gasteiger partial charge in [0.05, 0.1) is 5.56 Å². The second-order valence-corrected chi connectivity index (χ2v) is 4.28. The van der Waals surface area contributed by atoms with Crippen LogP contribution in [-0.4, -0.2) is 23.3 Å². The summed E-state index contributed by atoms with van der Waals surface area (Å²) in [5, 5.41) is 11.4. The monoisotopic (exact) mass is 249 g/mol. The van der Waals surface area contributed by atoms with Gasteiger partial charge in [0, 0.05) is 6.42 Å². The molecule has 2 aromatic heterocycles. The molecule has 0 aliphatic heterocycles. The normalized spacial score (nSPS) is 11.1. The van der Waals surface area contributed by atoms with Crippen molar-refractivity contribution >= 4 is 0 Å². The van der Waals surface area contributed by atoms with Crippen LogP contribution in [0.15, 0.2) is 14.9 Å². The molecule has 18 heavy (non-hydrogen) atoms. The Bertz CT molecular complexity index is 502. The number of nitrogens with one attached hydrogen (secondary N) is 1. The van der Waals surface area contributed by atoms with Crippen LogP contribution in [0.2, 0.25) is 0 Å². The summed E-state index contributed by atoms with van der Waals surface area (Å²) < 4.78 is 11.1. The third-order valence-corrected chi connectivity index (χ3v) is 2.73. The maximum absolute atomic E-state index is 5.63. The Labute approximate surface area is 107 Å². The van der Waals surface area contributed by atoms with E-state index in [1.807, 2.05) is 19.9 Å². The van der Waals surface area contributed by atoms with Gasteiger partial charge in [0.25, 0.3) is 5.89 Å². The Morgan fingerprint density at radius 3 is 2.72 bits per heavy atom. The summed E-state index contributed by atoms with van der Waals surface area (Å²) in [5.41, 5.74) is 0.887. The van der Waals surface area contributed by atoms with E-state index in [-0.39, 0.29) is 0 Å². The number of rotatable bonds is 6. The largest absolute Gasteiger partial charge is 0.466 e. The van der Waals surface area contributed by atoms with Crippen LogP contribution < -0.4 is 5.32 Å². The van der Waals surface area contributed by atoms with Crippen LogP contribution in [0, 0.1) is 13.8 Å². The molecule has 0 aliphatic rings. The SMILES string of the molecule is CCNCCCc1nnc(-c2cc(C)oc2C)o1. The minimum atomic E-state index is 0.544. The summed E-state index contributed by atoms with van der Waals surface area (Å²) in [6.07, 6.45) is 1.80. The molecule has 5 nitrogen and oxygen atoms in total. The standard InChI is InChI=1S/C13H19N3O2/c1-4-14-7-5-6-12-15-16-13(18-12)11-8-9(2)17-10(11)3/h8,14H,4-7H2,1-3H3. The van der Waals surface area contributed by atoms with Gasteiger partial charge >= 0.3 is 0 Å². The topological polar surface area (TPSA) is 64.1 Å². The molecule has 5 heteroatoms. The molecular weight excluding hydrogens is 230 g/mol. The third-order valence-electron chi connectivity index (χ3n) is 2.73. The van der Waals surface area contributed by atoms with Gasteiger partial charge in [-0.05, 0) is 39.4 Å². The van der Waals surface area contributed by atoms with Crippen molar-refractivity contribution in [3.05, 3.63) is 23.5 Å². The van der Waals surface area contributed by atoms with Crippen LogP contribution >= 0.6 is 0 Å². The summed E-state index contributed by atoms with van der Waals surface area (Å²) in [5.74, 6) is 2.90. The van der Waals surface area contributed by atoms with Gasteiger partial charge in [-0.3, -0.25) is 0 Å². The van der Waals surface area contributed by atoms with E-state index < -0.39 is 0 Å². The van der Waals surface area contributed by atoms with Crippen LogP contribution in [0.5, 0.6) is 0 Å². The molecular formula is C13H19N3O2. The summed E-state index contributed by atoms with van der Waals surface area (Å²) in [7, 11) is 0. The Morgan fingerprint density at radius 2 is 2.06 bits per heavy atom. The number of aromatic nitrogens is 2. The van der Waals surface area contributed by atoms with Crippen molar-refractivity contribution in [2.45, 2.75) is 33.6 Å². The first-order chi connectivity index (χ1) is 8.70. The van der Waals surface area contributed by atoms with Gasteiger partial charge in [0.1, 0.15) is 11.5 Å². The number of nitrogens with zero attached hydrogens (tertiary/aromatic N) is 2. The number of furan rings is 1. The molecule has 0 aromatic carbocycles. The lowest BCUT2D eigenvalue weighted by Crippen LogP contribution is -2.14. The van der Waals surface area contributed by atoms with E-state index >= 15 is 0 Å². The summed E-state index contributed by atoms with van der Waals surface area (Å²) in [6, 6.07) is 1.92. The molecule has 2 rings (SSSR count). The van der Waals surface area contributed by atoms with E-state index in [0.29, 0.717) is 11.8 Å². The fourth-order valence-corrected chi connectivity index (χ4v) is 1.85. The molecule has 0 atom stereocenters. The van der Waals surface area contributed by atoms with Gasteiger partial charge in [0.15, 0.2) is 0 Å². The van der Waals surface area contributed by atoms with Gasteiger partial charge < -0.3 is 14.2 Å². The molecule has 0 amide bonds. The lowest BCUT2D eigenvalue weighted by atomic mass is 10.2. The second kappa shape index (κ2) is 5.82. The highest BCUT2D eigenvalue weighted by molar-refractivity contribution is 5.55. The average Bonchev–Trinajstić information content (AvgIpc) is 2.91. The first-order valence-electron chi connectivity index (χ1n) is 6.31. The van der Waals surface area contributed by atoms with Crippen LogP contribution in [0.3, 0.4) is 0 Å². The van der Waals surface area contributed by atoms with Crippen molar-refractivity contribution in [1.82, 2.24) is 15.5 Å². The zero-order chi connectivity index (χ0) is 13.0. The van der Waals surface area contributed by atoms with Gasteiger partial charge in [-0.1, -0.05) is 6.92 Å². The molecule has 0 bridgehead atoms. The van der Waals surface area contributed by atoms with E-state index in [2.05, 4.69) is 22.4 Å². The van der Waals surface area contributed by atoms with Crippen molar-refractivity contribution in [2.75, 3.05) is 13.1 Å². The number of hydrogen-bond donors (Lipinski definition) is 1. The highest BCUT2D eigenvalue weighted by Crippen LogP contribution is 2.25. The molecule has 0 spiro atoms. The summed E-state index contributed by atoms with van der Waals surface area (Å²) >= 11 is 0. The minimum Gasteiger partial charge on any atom is -0.466 e. The second-order valence-electron chi connectivity index (χ2n) is 4.28. The molecule has 0 saturated heterocycles. The van der Waals surface area contributed by atoms with Crippen molar-refractivity contribution < 1.29 is 8.83 Å². The Morgan fingerprint density at radius 1 is 1.22 bits per heavy atom. The highest BCUT2D eigenvalue weighted by atomic mass is 16.4. The van der Waals surface area contributed by atoms with Gasteiger partial charge in [-0.15, -0.1) is 10.2 Å². The first-order valence-corrected chi connectivity index (χ1v) is 6.31. The number of hydrogen-bond acceptors (Lipinski definition) is 5. The average molecular weight is 249 g/mol. The van der Waals surface area contributed by atoms with Crippen LogP contribution in [0.1, 0.15) is 30.8 Å². The van der Waals surface area contributed by atoms with Gasteiger partial charge in [-0.2, -0.15) is 0 Å². The van der Waals surface area contributed by atoms with E-state index in [9.17, 15) is 0 Å². The summed E-state index contributed by atoms with van der Waals surface area (Å²) in [4.78, 5) is 0. The Balaban J connectivity index is 1.99. The quantitative estimate of drug-likeness (QED) is 0.797. The first kappa shape index (κ1) is 12.8. The lowest BCUT2D eigenvalue weighted by molar-refractivity contribution is 0.486. The van der Waals surface area contributed by atoms with Crippen molar-refractivity contribution in [1.29, 1.82) is 0 Å². The maximum atomic E-state index is 5.63. The lowest BCUT2D eigenvalue weighted by Gasteiger charge is -1.97. The van der Waals surface area contributed by atoms with Crippen molar-refractivity contribution in [2.24, 2.45) is 0 Å². The molecule has 0 radical (unpaired) electrons. The molecule has 98 valence electrons. The highest BCUT2D eigenvalue weighted by Gasteiger charge is 2.14. The molecule has 0 aliphatic carbocycles. The molecule has 0 unspecified atom stereocenters. The fourth-order valence-electron chi connectivity index (χ4n) is 1.85. The predicted octanol–water partition coefficient (Wildman–Crippen LogP) is 2.49. The van der Waals surface area contributed by atoms with Crippen LogP contribution in [-0.2, 0) is 6.42 Å². The molecule has 2 heterocycles. The summed E-state index contributed by atoms with van der Waals surface area (Å²) in [6.45, 7) is 7.86. The van der Waals surface area contributed by atoms with Gasteiger partial charge in [0.2, 0.25) is 5.89 Å². The third kappa shape index (κ3) is 2.98. The number of aryl methyl sites for hydroxylation is 3. The van der Waals surface area contributed by atoms with Gasteiger partial charge in [-0.25, -0.2) is 0 Å². The molecule has 2 aromatic rings. The Kier molecular flexibility index (Phi) is 4.15. The van der Waals surface area contributed by atoms with E-state index in [1.54, 1.807) is 0 Å². The maximum Gasteiger partial charge on any atom is 0.251 e. The van der Waals surface area contributed by atoms with Crippen LogP contribution in [0.25, 0.3) is 11.5 Å².